The Kier molecular flexibility index (Phi) is 6.49. The monoisotopic (exact) mass is 418 g/mol. The van der Waals surface area contributed by atoms with Crippen molar-refractivity contribution < 1.29 is 23.7 Å². The highest BCUT2D eigenvalue weighted by atomic mass is 32.1. The van der Waals surface area contributed by atoms with Gasteiger partial charge in [0.25, 0.3) is 0 Å². The SMILES string of the molecule is COCCOCCOc1ccccc1-c1ccsc1-c1scc2c1OCCO2. The number of benzene rings is 1. The molecule has 5 nitrogen and oxygen atoms in total. The molecule has 0 unspecified atom stereocenters. The highest BCUT2D eigenvalue weighted by molar-refractivity contribution is 7.21. The second-order valence-corrected chi connectivity index (χ2v) is 7.86. The van der Waals surface area contributed by atoms with Crippen LogP contribution in [0.2, 0.25) is 0 Å². The minimum absolute atomic E-state index is 0.492. The Morgan fingerprint density at radius 2 is 1.75 bits per heavy atom. The number of thiophene rings is 2. The topological polar surface area (TPSA) is 46.2 Å². The molecule has 0 radical (unpaired) electrons. The van der Waals surface area contributed by atoms with Gasteiger partial charge in [-0.1, -0.05) is 18.2 Å². The van der Waals surface area contributed by atoms with Crippen molar-refractivity contribution in [3.05, 3.63) is 41.1 Å². The first kappa shape index (κ1) is 19.3. The molecular formula is C21H22O5S2. The summed E-state index contributed by atoms with van der Waals surface area (Å²) in [5.74, 6) is 2.54. The third-order valence-corrected chi connectivity index (χ3v) is 6.29. The molecule has 0 N–H and O–H groups in total. The van der Waals surface area contributed by atoms with Crippen molar-refractivity contribution in [2.24, 2.45) is 0 Å². The van der Waals surface area contributed by atoms with Gasteiger partial charge in [0, 0.05) is 23.6 Å². The minimum atomic E-state index is 0.492. The first-order chi connectivity index (χ1) is 13.9. The molecular weight excluding hydrogens is 396 g/mol. The van der Waals surface area contributed by atoms with E-state index in [1.807, 2.05) is 23.6 Å². The summed E-state index contributed by atoms with van der Waals surface area (Å²) in [7, 11) is 1.66. The molecule has 0 fully saturated rings. The quantitative estimate of drug-likeness (QED) is 0.460. The van der Waals surface area contributed by atoms with E-state index in [0.717, 1.165) is 33.3 Å². The molecule has 1 aromatic carbocycles. The summed E-state index contributed by atoms with van der Waals surface area (Å²) >= 11 is 3.36. The number of ether oxygens (including phenoxy) is 5. The molecule has 0 saturated heterocycles. The zero-order chi connectivity index (χ0) is 19.2. The van der Waals surface area contributed by atoms with Gasteiger partial charge < -0.3 is 23.7 Å². The highest BCUT2D eigenvalue weighted by Gasteiger charge is 2.23. The summed E-state index contributed by atoms with van der Waals surface area (Å²) in [5, 5.41) is 4.12. The van der Waals surface area contributed by atoms with Crippen LogP contribution in [0.3, 0.4) is 0 Å². The van der Waals surface area contributed by atoms with Crippen molar-refractivity contribution in [1.29, 1.82) is 0 Å². The predicted molar refractivity (Wildman–Crippen MR) is 112 cm³/mol. The Hall–Kier alpha value is -2.06. The van der Waals surface area contributed by atoms with Crippen molar-refractivity contribution in [2.75, 3.05) is 46.8 Å². The van der Waals surface area contributed by atoms with Gasteiger partial charge in [0.05, 0.1) is 29.6 Å². The predicted octanol–water partition coefficient (Wildman–Crippen LogP) is 4.96. The van der Waals surface area contributed by atoms with Crippen molar-refractivity contribution in [3.63, 3.8) is 0 Å². The van der Waals surface area contributed by atoms with Crippen LogP contribution in [0.5, 0.6) is 17.2 Å². The Morgan fingerprint density at radius 3 is 2.68 bits per heavy atom. The first-order valence-electron chi connectivity index (χ1n) is 9.12. The number of methoxy groups -OCH3 is 1. The fraction of sp³-hybridized carbons (Fsp3) is 0.333. The van der Waals surface area contributed by atoms with Crippen molar-refractivity contribution in [3.8, 4) is 38.1 Å². The van der Waals surface area contributed by atoms with Crippen molar-refractivity contribution in [2.45, 2.75) is 0 Å². The van der Waals surface area contributed by atoms with Gasteiger partial charge in [0.1, 0.15) is 25.6 Å². The maximum atomic E-state index is 6.01. The molecule has 0 amide bonds. The lowest BCUT2D eigenvalue weighted by Crippen LogP contribution is -2.14. The molecule has 0 aliphatic carbocycles. The first-order valence-corrected chi connectivity index (χ1v) is 10.9. The standard InChI is InChI=1S/C21H22O5S2/c1-22-7-8-23-9-10-24-17-5-3-2-4-15(17)16-6-13-27-20(16)21-19-18(14-28-21)25-11-12-26-19/h2-6,13-14H,7-12H2,1H3. The van der Waals surface area contributed by atoms with E-state index in [9.17, 15) is 0 Å². The molecule has 3 aromatic rings. The lowest BCUT2D eigenvalue weighted by Gasteiger charge is -2.16. The molecule has 2 aromatic heterocycles. The van der Waals surface area contributed by atoms with E-state index in [1.165, 1.54) is 4.88 Å². The molecule has 1 aliphatic heterocycles. The second kappa shape index (κ2) is 9.43. The summed E-state index contributed by atoms with van der Waals surface area (Å²) in [6.07, 6.45) is 0. The van der Waals surface area contributed by atoms with Gasteiger partial charge >= 0.3 is 0 Å². The van der Waals surface area contributed by atoms with E-state index in [0.29, 0.717) is 39.6 Å². The van der Waals surface area contributed by atoms with Gasteiger partial charge in [-0.15, -0.1) is 22.7 Å². The molecule has 0 saturated carbocycles. The number of para-hydroxylation sites is 1. The highest BCUT2D eigenvalue weighted by Crippen LogP contribution is 2.51. The van der Waals surface area contributed by atoms with E-state index < -0.39 is 0 Å². The van der Waals surface area contributed by atoms with Crippen LogP contribution >= 0.6 is 22.7 Å². The van der Waals surface area contributed by atoms with Gasteiger partial charge in [-0.05, 0) is 17.5 Å². The molecule has 3 heterocycles. The molecule has 1 aliphatic rings. The van der Waals surface area contributed by atoms with Gasteiger partial charge in [0.2, 0.25) is 0 Å². The Labute approximate surface area is 172 Å². The van der Waals surface area contributed by atoms with Crippen molar-refractivity contribution >= 4 is 22.7 Å². The van der Waals surface area contributed by atoms with Crippen LogP contribution in [-0.2, 0) is 9.47 Å². The fourth-order valence-electron chi connectivity index (χ4n) is 2.99. The van der Waals surface area contributed by atoms with Gasteiger partial charge in [-0.25, -0.2) is 0 Å². The zero-order valence-corrected chi connectivity index (χ0v) is 17.3. The average Bonchev–Trinajstić information content (AvgIpc) is 3.37. The van der Waals surface area contributed by atoms with E-state index in [4.69, 9.17) is 23.7 Å². The van der Waals surface area contributed by atoms with E-state index >= 15 is 0 Å². The summed E-state index contributed by atoms with van der Waals surface area (Å²) < 4.78 is 28.1. The number of hydrogen-bond donors (Lipinski definition) is 0. The van der Waals surface area contributed by atoms with Crippen molar-refractivity contribution in [1.82, 2.24) is 0 Å². The third kappa shape index (κ3) is 4.17. The van der Waals surface area contributed by atoms with Crippen LogP contribution in [0, 0.1) is 0 Å². The molecule has 28 heavy (non-hydrogen) atoms. The maximum absolute atomic E-state index is 6.01. The summed E-state index contributed by atoms with van der Waals surface area (Å²) in [6.45, 7) is 3.36. The lowest BCUT2D eigenvalue weighted by atomic mass is 10.0. The van der Waals surface area contributed by atoms with Crippen LogP contribution in [0.25, 0.3) is 20.9 Å². The Bertz CT molecular complexity index is 902. The third-order valence-electron chi connectivity index (χ3n) is 4.27. The number of hydrogen-bond acceptors (Lipinski definition) is 7. The minimum Gasteiger partial charge on any atom is -0.491 e. The molecule has 7 heteroatoms. The maximum Gasteiger partial charge on any atom is 0.180 e. The average molecular weight is 419 g/mol. The number of rotatable bonds is 9. The van der Waals surface area contributed by atoms with E-state index in [1.54, 1.807) is 29.8 Å². The lowest BCUT2D eigenvalue weighted by molar-refractivity contribution is 0.0545. The van der Waals surface area contributed by atoms with Crippen LogP contribution in [0.4, 0.5) is 0 Å². The van der Waals surface area contributed by atoms with Crippen LogP contribution < -0.4 is 14.2 Å². The normalized spacial score (nSPS) is 12.9. The van der Waals surface area contributed by atoms with Gasteiger partial charge in [-0.3, -0.25) is 0 Å². The fourth-order valence-corrected chi connectivity index (χ4v) is 5.00. The molecule has 4 rings (SSSR count). The van der Waals surface area contributed by atoms with Crippen LogP contribution in [0.1, 0.15) is 0 Å². The molecule has 0 bridgehead atoms. The summed E-state index contributed by atoms with van der Waals surface area (Å²) in [6, 6.07) is 10.2. The zero-order valence-electron chi connectivity index (χ0n) is 15.6. The Balaban J connectivity index is 1.55. The molecule has 0 spiro atoms. The molecule has 148 valence electrons. The van der Waals surface area contributed by atoms with E-state index in [-0.39, 0.29) is 0 Å². The second-order valence-electron chi connectivity index (χ2n) is 6.07. The summed E-state index contributed by atoms with van der Waals surface area (Å²) in [5.41, 5.74) is 2.20. The largest absolute Gasteiger partial charge is 0.491 e. The summed E-state index contributed by atoms with van der Waals surface area (Å²) in [4.78, 5) is 2.28. The van der Waals surface area contributed by atoms with Gasteiger partial charge in [0.15, 0.2) is 11.5 Å². The smallest absolute Gasteiger partial charge is 0.180 e. The molecule has 0 atom stereocenters. The van der Waals surface area contributed by atoms with Gasteiger partial charge in [-0.2, -0.15) is 0 Å². The number of fused-ring (bicyclic) bond motifs is 1. The van der Waals surface area contributed by atoms with Crippen LogP contribution in [-0.4, -0.2) is 46.8 Å². The Morgan fingerprint density at radius 1 is 0.893 bits per heavy atom. The van der Waals surface area contributed by atoms with E-state index in [2.05, 4.69) is 17.5 Å². The van der Waals surface area contributed by atoms with Crippen LogP contribution in [0.15, 0.2) is 41.1 Å².